The van der Waals surface area contributed by atoms with Crippen molar-refractivity contribution in [2.24, 2.45) is 0 Å². The summed E-state index contributed by atoms with van der Waals surface area (Å²) >= 11 is 5.56. The zero-order valence-corrected chi connectivity index (χ0v) is 7.50. The molecule has 4 nitrogen and oxygen atoms in total. The van der Waals surface area contributed by atoms with E-state index >= 15 is 0 Å². The molecule has 0 fully saturated rings. The Kier molecular flexibility index (Phi) is 2.63. The van der Waals surface area contributed by atoms with Gasteiger partial charge in [-0.15, -0.1) is 0 Å². The minimum Gasteiger partial charge on any atom is -0.506 e. The Morgan fingerprint density at radius 3 is 2.46 bits per heavy atom. The molecule has 1 aromatic rings. The Bertz CT molecular complexity index is 348. The van der Waals surface area contributed by atoms with E-state index in [0.29, 0.717) is 0 Å². The fourth-order valence-corrected chi connectivity index (χ4v) is 0.975. The van der Waals surface area contributed by atoms with Gasteiger partial charge in [0.15, 0.2) is 11.5 Å². The van der Waals surface area contributed by atoms with E-state index in [4.69, 9.17) is 16.7 Å². The van der Waals surface area contributed by atoms with Crippen LogP contribution in [-0.2, 0) is 4.79 Å². The van der Waals surface area contributed by atoms with Crippen LogP contribution in [0, 0.1) is 0 Å². The molecular weight excluding hydrogens is 196 g/mol. The van der Waals surface area contributed by atoms with Gasteiger partial charge in [0.25, 0.3) is 0 Å². The van der Waals surface area contributed by atoms with Crippen molar-refractivity contribution in [3.05, 3.63) is 17.2 Å². The molecule has 0 aliphatic heterocycles. The van der Waals surface area contributed by atoms with Gasteiger partial charge in [-0.05, 0) is 12.1 Å². The highest BCUT2D eigenvalue weighted by Gasteiger charge is 2.13. The molecule has 0 aliphatic carbocycles. The molecule has 13 heavy (non-hydrogen) atoms. The molecule has 0 saturated carbocycles. The zero-order chi connectivity index (χ0) is 10.0. The van der Waals surface area contributed by atoms with Gasteiger partial charge in [-0.3, -0.25) is 4.79 Å². The van der Waals surface area contributed by atoms with Gasteiger partial charge in [-0.1, -0.05) is 11.6 Å². The summed E-state index contributed by atoms with van der Waals surface area (Å²) in [6, 6.07) is 2.38. The van der Waals surface area contributed by atoms with Crippen molar-refractivity contribution in [1.29, 1.82) is 0 Å². The minimum absolute atomic E-state index is 0.185. The number of carbonyl (C=O) groups excluding carboxylic acids is 1. The van der Waals surface area contributed by atoms with Crippen LogP contribution in [0.3, 0.4) is 0 Å². The number of esters is 1. The van der Waals surface area contributed by atoms with Crippen LogP contribution < -0.4 is 4.74 Å². The van der Waals surface area contributed by atoms with Crippen molar-refractivity contribution in [3.63, 3.8) is 0 Å². The van der Waals surface area contributed by atoms with Gasteiger partial charge >= 0.3 is 5.97 Å². The molecule has 70 valence electrons. The van der Waals surface area contributed by atoms with E-state index in [1.807, 2.05) is 0 Å². The first-order valence-corrected chi connectivity index (χ1v) is 3.79. The molecule has 1 aromatic carbocycles. The Morgan fingerprint density at radius 2 is 1.92 bits per heavy atom. The monoisotopic (exact) mass is 202 g/mol. The molecule has 0 unspecified atom stereocenters. The number of phenols is 2. The van der Waals surface area contributed by atoms with Crippen LogP contribution in [0.5, 0.6) is 17.2 Å². The molecule has 1 rings (SSSR count). The van der Waals surface area contributed by atoms with Gasteiger partial charge in [0, 0.05) is 6.92 Å². The lowest BCUT2D eigenvalue weighted by atomic mass is 10.3. The van der Waals surface area contributed by atoms with E-state index in [9.17, 15) is 9.90 Å². The predicted molar refractivity (Wildman–Crippen MR) is 46.1 cm³/mol. The number of halogens is 1. The highest BCUT2D eigenvalue weighted by Crippen LogP contribution is 2.40. The van der Waals surface area contributed by atoms with Crippen LogP contribution in [0.2, 0.25) is 5.02 Å². The molecule has 0 bridgehead atoms. The summed E-state index contributed by atoms with van der Waals surface area (Å²) in [5.74, 6) is -1.40. The average molecular weight is 203 g/mol. The second kappa shape index (κ2) is 3.53. The first-order valence-electron chi connectivity index (χ1n) is 3.41. The van der Waals surface area contributed by atoms with Crippen molar-refractivity contribution in [3.8, 4) is 17.2 Å². The van der Waals surface area contributed by atoms with Crippen molar-refractivity contribution in [2.75, 3.05) is 0 Å². The van der Waals surface area contributed by atoms with E-state index in [1.54, 1.807) is 0 Å². The number of ether oxygens (including phenoxy) is 1. The summed E-state index contributed by atoms with van der Waals surface area (Å²) in [4.78, 5) is 10.6. The Hall–Kier alpha value is -1.42. The standard InChI is InChI=1S/C8H7ClO4/c1-4(10)13-8-6(12)3-2-5(11)7(8)9/h2-3,11-12H,1H3. The summed E-state index contributed by atoms with van der Waals surface area (Å²) in [7, 11) is 0. The normalized spacial score (nSPS) is 9.69. The number of rotatable bonds is 1. The highest BCUT2D eigenvalue weighted by molar-refractivity contribution is 6.33. The van der Waals surface area contributed by atoms with Gasteiger partial charge in [-0.25, -0.2) is 0 Å². The number of aromatic hydroxyl groups is 2. The van der Waals surface area contributed by atoms with Crippen LogP contribution in [0.25, 0.3) is 0 Å². The van der Waals surface area contributed by atoms with Crippen molar-refractivity contribution >= 4 is 17.6 Å². The quantitative estimate of drug-likeness (QED) is 0.413. The van der Waals surface area contributed by atoms with Crippen LogP contribution in [0.1, 0.15) is 6.92 Å². The molecule has 0 saturated heterocycles. The van der Waals surface area contributed by atoms with E-state index in [2.05, 4.69) is 4.74 Å². The van der Waals surface area contributed by atoms with Gasteiger partial charge < -0.3 is 14.9 Å². The molecule has 0 aromatic heterocycles. The van der Waals surface area contributed by atoms with E-state index < -0.39 is 5.97 Å². The lowest BCUT2D eigenvalue weighted by molar-refractivity contribution is -0.132. The zero-order valence-electron chi connectivity index (χ0n) is 6.74. The Balaban J connectivity index is 3.17. The lowest BCUT2D eigenvalue weighted by Gasteiger charge is -2.06. The number of carbonyl (C=O) groups is 1. The third-order valence-electron chi connectivity index (χ3n) is 1.30. The fourth-order valence-electron chi connectivity index (χ4n) is 0.776. The maximum Gasteiger partial charge on any atom is 0.308 e. The number of phenolic OH excluding ortho intramolecular Hbond substituents is 2. The Labute approximate surface area is 79.3 Å². The maximum atomic E-state index is 10.6. The second-order valence-corrected chi connectivity index (χ2v) is 2.72. The third-order valence-corrected chi connectivity index (χ3v) is 1.67. The van der Waals surface area contributed by atoms with Crippen molar-refractivity contribution in [1.82, 2.24) is 0 Å². The van der Waals surface area contributed by atoms with Gasteiger partial charge in [0.2, 0.25) is 0 Å². The van der Waals surface area contributed by atoms with E-state index in [1.165, 1.54) is 19.1 Å². The largest absolute Gasteiger partial charge is 0.506 e. The molecule has 0 heterocycles. The van der Waals surface area contributed by atoms with E-state index in [0.717, 1.165) is 0 Å². The SMILES string of the molecule is CC(=O)Oc1c(O)ccc(O)c1Cl. The number of hydrogen-bond donors (Lipinski definition) is 2. The summed E-state index contributed by atoms with van der Waals surface area (Å²) in [6.07, 6.45) is 0. The third kappa shape index (κ3) is 2.03. The summed E-state index contributed by atoms with van der Waals surface area (Å²) < 4.78 is 4.58. The summed E-state index contributed by atoms with van der Waals surface area (Å²) in [5.41, 5.74) is 0. The molecule has 0 amide bonds. The molecule has 0 spiro atoms. The average Bonchev–Trinajstić information content (AvgIpc) is 2.05. The topological polar surface area (TPSA) is 66.8 Å². The van der Waals surface area contributed by atoms with Crippen molar-refractivity contribution in [2.45, 2.75) is 6.92 Å². The van der Waals surface area contributed by atoms with Crippen molar-refractivity contribution < 1.29 is 19.7 Å². The summed E-state index contributed by atoms with van der Waals surface area (Å²) in [6.45, 7) is 1.17. The first-order chi connectivity index (χ1) is 6.02. The van der Waals surface area contributed by atoms with Crippen LogP contribution in [0.15, 0.2) is 12.1 Å². The fraction of sp³-hybridized carbons (Fsp3) is 0.125. The second-order valence-electron chi connectivity index (χ2n) is 2.34. The lowest BCUT2D eigenvalue weighted by Crippen LogP contribution is -2.02. The Morgan fingerprint density at radius 1 is 1.38 bits per heavy atom. The molecule has 2 N–H and O–H groups in total. The molecule has 0 aliphatic rings. The minimum atomic E-state index is -0.622. The molecule has 5 heteroatoms. The maximum absolute atomic E-state index is 10.6. The van der Waals surface area contributed by atoms with Gasteiger partial charge in [0.1, 0.15) is 10.8 Å². The summed E-state index contributed by atoms with van der Waals surface area (Å²) in [5, 5.41) is 18.1. The predicted octanol–water partition coefficient (Wildman–Crippen LogP) is 1.68. The van der Waals surface area contributed by atoms with Crippen LogP contribution >= 0.6 is 11.6 Å². The highest BCUT2D eigenvalue weighted by atomic mass is 35.5. The van der Waals surface area contributed by atoms with Gasteiger partial charge in [0.05, 0.1) is 0 Å². The van der Waals surface area contributed by atoms with Crippen LogP contribution in [-0.4, -0.2) is 16.2 Å². The molecular formula is C8H7ClO4. The first kappa shape index (κ1) is 9.67. The number of hydrogen-bond acceptors (Lipinski definition) is 4. The van der Waals surface area contributed by atoms with E-state index in [-0.39, 0.29) is 22.3 Å². The molecule has 0 radical (unpaired) electrons. The molecule has 0 atom stereocenters. The number of benzene rings is 1. The van der Waals surface area contributed by atoms with Crippen LogP contribution in [0.4, 0.5) is 0 Å². The van der Waals surface area contributed by atoms with Gasteiger partial charge in [-0.2, -0.15) is 0 Å². The smallest absolute Gasteiger partial charge is 0.308 e.